The summed E-state index contributed by atoms with van der Waals surface area (Å²) in [5.41, 5.74) is 2.37. The van der Waals surface area contributed by atoms with E-state index in [9.17, 15) is 4.79 Å². The first-order valence-corrected chi connectivity index (χ1v) is 4.77. The summed E-state index contributed by atoms with van der Waals surface area (Å²) in [5, 5.41) is 13.0. The van der Waals surface area contributed by atoms with Gasteiger partial charge in [0, 0.05) is 24.5 Å². The minimum absolute atomic E-state index is 0.242. The summed E-state index contributed by atoms with van der Waals surface area (Å²) in [6.07, 6.45) is 3.46. The number of rotatable bonds is 2. The summed E-state index contributed by atoms with van der Waals surface area (Å²) in [6, 6.07) is 3.09. The molecule has 0 saturated heterocycles. The first-order valence-electron chi connectivity index (χ1n) is 4.77. The number of carbonyl (C=O) groups is 1. The second-order valence-electron chi connectivity index (χ2n) is 3.59. The monoisotopic (exact) mass is 217 g/mol. The standard InChI is InChI=1S/C11H11N3O2/c1-7-3-8(11(15)16)4-10(13-7)9-5-12-14(2)6-9/h3-6H,1-2H3,(H,15,16). The summed E-state index contributed by atoms with van der Waals surface area (Å²) in [4.78, 5) is 15.2. The lowest BCUT2D eigenvalue weighted by atomic mass is 10.1. The van der Waals surface area contributed by atoms with Crippen LogP contribution in [0.1, 0.15) is 16.1 Å². The quantitative estimate of drug-likeness (QED) is 0.827. The number of aromatic nitrogens is 3. The molecule has 0 spiro atoms. The lowest BCUT2D eigenvalue weighted by Gasteiger charge is -2.01. The van der Waals surface area contributed by atoms with Crippen LogP contribution in [0, 0.1) is 6.92 Å². The highest BCUT2D eigenvalue weighted by Crippen LogP contribution is 2.18. The van der Waals surface area contributed by atoms with Crippen molar-refractivity contribution < 1.29 is 9.90 Å². The van der Waals surface area contributed by atoms with E-state index in [4.69, 9.17) is 5.11 Å². The van der Waals surface area contributed by atoms with Crippen LogP contribution in [-0.4, -0.2) is 25.8 Å². The van der Waals surface area contributed by atoms with E-state index in [0.717, 1.165) is 5.56 Å². The first-order chi connectivity index (χ1) is 7.56. The lowest BCUT2D eigenvalue weighted by molar-refractivity contribution is 0.0696. The smallest absolute Gasteiger partial charge is 0.335 e. The molecule has 0 fully saturated rings. The fraction of sp³-hybridized carbons (Fsp3) is 0.182. The summed E-state index contributed by atoms with van der Waals surface area (Å²) in [6.45, 7) is 1.77. The number of aromatic carboxylic acids is 1. The van der Waals surface area contributed by atoms with Crippen LogP contribution in [0.25, 0.3) is 11.3 Å². The van der Waals surface area contributed by atoms with E-state index in [2.05, 4.69) is 10.1 Å². The van der Waals surface area contributed by atoms with Crippen LogP contribution in [0.4, 0.5) is 0 Å². The second-order valence-corrected chi connectivity index (χ2v) is 3.59. The maximum Gasteiger partial charge on any atom is 0.335 e. The summed E-state index contributed by atoms with van der Waals surface area (Å²) in [5.74, 6) is -0.948. The largest absolute Gasteiger partial charge is 0.478 e. The van der Waals surface area contributed by atoms with Crippen LogP contribution in [0.5, 0.6) is 0 Å². The number of nitrogens with zero attached hydrogens (tertiary/aromatic N) is 3. The van der Waals surface area contributed by atoms with Gasteiger partial charge in [-0.1, -0.05) is 0 Å². The second kappa shape index (κ2) is 3.77. The molecule has 5 nitrogen and oxygen atoms in total. The molecular formula is C11H11N3O2. The van der Waals surface area contributed by atoms with E-state index in [1.54, 1.807) is 43.2 Å². The molecule has 0 amide bonds. The van der Waals surface area contributed by atoms with Crippen LogP contribution in [0.2, 0.25) is 0 Å². The van der Waals surface area contributed by atoms with Crippen LogP contribution in [-0.2, 0) is 7.05 Å². The van der Waals surface area contributed by atoms with Gasteiger partial charge in [-0.3, -0.25) is 9.67 Å². The summed E-state index contributed by atoms with van der Waals surface area (Å²) >= 11 is 0. The third kappa shape index (κ3) is 1.93. The molecule has 0 aromatic carbocycles. The van der Waals surface area contributed by atoms with E-state index in [1.807, 2.05) is 0 Å². The van der Waals surface area contributed by atoms with E-state index in [1.165, 1.54) is 0 Å². The van der Waals surface area contributed by atoms with Gasteiger partial charge in [-0.05, 0) is 19.1 Å². The number of hydrogen-bond donors (Lipinski definition) is 1. The minimum atomic E-state index is -0.948. The molecule has 16 heavy (non-hydrogen) atoms. The molecule has 5 heteroatoms. The van der Waals surface area contributed by atoms with Gasteiger partial charge in [0.15, 0.2) is 0 Å². The molecule has 0 aliphatic rings. The Morgan fingerprint density at radius 3 is 2.75 bits per heavy atom. The Labute approximate surface area is 92.4 Å². The van der Waals surface area contributed by atoms with Crippen LogP contribution < -0.4 is 0 Å². The number of pyridine rings is 1. The van der Waals surface area contributed by atoms with Gasteiger partial charge in [0.05, 0.1) is 17.5 Å². The molecule has 82 valence electrons. The van der Waals surface area contributed by atoms with E-state index >= 15 is 0 Å². The normalized spacial score (nSPS) is 10.4. The van der Waals surface area contributed by atoms with Crippen molar-refractivity contribution >= 4 is 5.97 Å². The van der Waals surface area contributed by atoms with Gasteiger partial charge in [0.1, 0.15) is 0 Å². The topological polar surface area (TPSA) is 68.0 Å². The molecule has 2 aromatic rings. The molecule has 0 aliphatic carbocycles. The van der Waals surface area contributed by atoms with Gasteiger partial charge >= 0.3 is 5.97 Å². The molecule has 0 saturated carbocycles. The van der Waals surface area contributed by atoms with Gasteiger partial charge in [-0.2, -0.15) is 5.10 Å². The Morgan fingerprint density at radius 1 is 1.44 bits per heavy atom. The van der Waals surface area contributed by atoms with Gasteiger partial charge < -0.3 is 5.11 Å². The van der Waals surface area contributed by atoms with Crippen molar-refractivity contribution in [3.63, 3.8) is 0 Å². The molecule has 0 bridgehead atoms. The van der Waals surface area contributed by atoms with Gasteiger partial charge in [0.25, 0.3) is 0 Å². The molecule has 2 aromatic heterocycles. The number of carboxylic acid groups (broad SMARTS) is 1. The van der Waals surface area contributed by atoms with Crippen molar-refractivity contribution in [1.82, 2.24) is 14.8 Å². The van der Waals surface area contributed by atoms with Gasteiger partial charge in [0.2, 0.25) is 0 Å². The van der Waals surface area contributed by atoms with Gasteiger partial charge in [-0.15, -0.1) is 0 Å². The maximum absolute atomic E-state index is 10.9. The zero-order valence-electron chi connectivity index (χ0n) is 9.01. The van der Waals surface area contributed by atoms with Crippen molar-refractivity contribution in [3.8, 4) is 11.3 Å². The van der Waals surface area contributed by atoms with Crippen LogP contribution in [0.3, 0.4) is 0 Å². The van der Waals surface area contributed by atoms with Crippen LogP contribution in [0.15, 0.2) is 24.5 Å². The van der Waals surface area contributed by atoms with E-state index in [-0.39, 0.29) is 5.56 Å². The lowest BCUT2D eigenvalue weighted by Crippen LogP contribution is -1.99. The predicted molar refractivity (Wildman–Crippen MR) is 58.1 cm³/mol. The summed E-state index contributed by atoms with van der Waals surface area (Å²) < 4.78 is 1.65. The number of hydrogen-bond acceptors (Lipinski definition) is 3. The summed E-state index contributed by atoms with van der Waals surface area (Å²) in [7, 11) is 1.80. The highest BCUT2D eigenvalue weighted by Gasteiger charge is 2.09. The molecule has 0 aliphatic heterocycles. The average Bonchev–Trinajstić information content (AvgIpc) is 2.64. The highest BCUT2D eigenvalue weighted by molar-refractivity contribution is 5.89. The van der Waals surface area contributed by atoms with Crippen LogP contribution >= 0.6 is 0 Å². The molecule has 2 rings (SSSR count). The molecule has 0 radical (unpaired) electrons. The molecule has 0 atom stereocenters. The van der Waals surface area contributed by atoms with Crippen molar-refractivity contribution in [3.05, 3.63) is 35.8 Å². The van der Waals surface area contributed by atoms with E-state index < -0.39 is 5.97 Å². The maximum atomic E-state index is 10.9. The zero-order valence-corrected chi connectivity index (χ0v) is 9.01. The molecule has 0 unspecified atom stereocenters. The predicted octanol–water partition coefficient (Wildman–Crippen LogP) is 1.49. The SMILES string of the molecule is Cc1cc(C(=O)O)cc(-c2cnn(C)c2)n1. The van der Waals surface area contributed by atoms with E-state index in [0.29, 0.717) is 11.4 Å². The molecule has 2 heterocycles. The number of carboxylic acids is 1. The van der Waals surface area contributed by atoms with Crippen molar-refractivity contribution in [1.29, 1.82) is 0 Å². The third-order valence-electron chi connectivity index (χ3n) is 2.20. The fourth-order valence-electron chi connectivity index (χ4n) is 1.49. The van der Waals surface area contributed by atoms with Crippen molar-refractivity contribution in [2.75, 3.05) is 0 Å². The Morgan fingerprint density at radius 2 is 2.19 bits per heavy atom. The molecular weight excluding hydrogens is 206 g/mol. The Balaban J connectivity index is 2.53. The van der Waals surface area contributed by atoms with Crippen molar-refractivity contribution in [2.24, 2.45) is 7.05 Å². The Hall–Kier alpha value is -2.17. The van der Waals surface area contributed by atoms with Crippen molar-refractivity contribution in [2.45, 2.75) is 6.92 Å². The molecule has 1 N–H and O–H groups in total. The first kappa shape index (κ1) is 10.4. The minimum Gasteiger partial charge on any atom is -0.478 e. The highest BCUT2D eigenvalue weighted by atomic mass is 16.4. The third-order valence-corrected chi connectivity index (χ3v) is 2.20. The Kier molecular flexibility index (Phi) is 2.44. The Bertz CT molecular complexity index is 546. The zero-order chi connectivity index (χ0) is 11.7. The number of aryl methyl sites for hydroxylation is 2. The van der Waals surface area contributed by atoms with Gasteiger partial charge in [-0.25, -0.2) is 4.79 Å². The average molecular weight is 217 g/mol. The fourth-order valence-corrected chi connectivity index (χ4v) is 1.49.